The third-order valence-electron chi connectivity index (χ3n) is 4.38. The molecule has 0 radical (unpaired) electrons. The zero-order valence-corrected chi connectivity index (χ0v) is 12.4. The maximum atomic E-state index is 12.7. The first-order chi connectivity index (χ1) is 10.7. The molecule has 0 saturated carbocycles. The van der Waals surface area contributed by atoms with Crippen molar-refractivity contribution in [3.63, 3.8) is 0 Å². The number of benzene rings is 2. The van der Waals surface area contributed by atoms with Crippen LogP contribution in [0.15, 0.2) is 54.7 Å². The number of hydrogen-bond donors (Lipinski definition) is 0. The van der Waals surface area contributed by atoms with Crippen molar-refractivity contribution in [1.82, 2.24) is 9.88 Å². The lowest BCUT2D eigenvalue weighted by atomic mass is 9.99. The van der Waals surface area contributed by atoms with Crippen LogP contribution >= 0.6 is 0 Å². The van der Waals surface area contributed by atoms with Crippen molar-refractivity contribution >= 4 is 16.8 Å². The number of aryl methyl sites for hydroxylation is 1. The zero-order valence-electron chi connectivity index (χ0n) is 12.4. The first kappa shape index (κ1) is 13.0. The summed E-state index contributed by atoms with van der Waals surface area (Å²) in [5, 5.41) is 1.13. The standard InChI is InChI=1S/C19H16N2O/c1-13-15-8-5-9-20-18(15)10-16-17(13)12-21(19(16)22)11-14-6-3-2-4-7-14/h2-10H,11-12H2,1H3. The lowest BCUT2D eigenvalue weighted by molar-refractivity contribution is 0.0766. The van der Waals surface area contributed by atoms with E-state index in [1.807, 2.05) is 35.2 Å². The van der Waals surface area contributed by atoms with E-state index in [0.717, 1.165) is 27.6 Å². The number of hydrogen-bond acceptors (Lipinski definition) is 2. The highest BCUT2D eigenvalue weighted by atomic mass is 16.2. The van der Waals surface area contributed by atoms with Crippen LogP contribution in [0.25, 0.3) is 10.9 Å². The minimum atomic E-state index is 0.106. The Morgan fingerprint density at radius 2 is 1.95 bits per heavy atom. The van der Waals surface area contributed by atoms with Gasteiger partial charge in [-0.2, -0.15) is 0 Å². The van der Waals surface area contributed by atoms with Crippen molar-refractivity contribution < 1.29 is 4.79 Å². The van der Waals surface area contributed by atoms with Gasteiger partial charge in [-0.15, -0.1) is 0 Å². The normalized spacial score (nSPS) is 13.7. The Labute approximate surface area is 129 Å². The molecule has 1 aromatic heterocycles. The quantitative estimate of drug-likeness (QED) is 0.720. The Bertz CT molecular complexity index is 871. The molecule has 3 nitrogen and oxygen atoms in total. The molecule has 0 unspecified atom stereocenters. The van der Waals surface area contributed by atoms with Gasteiger partial charge in [0.1, 0.15) is 0 Å². The van der Waals surface area contributed by atoms with E-state index in [1.54, 1.807) is 6.20 Å². The summed E-state index contributed by atoms with van der Waals surface area (Å²) in [6, 6.07) is 16.1. The van der Waals surface area contributed by atoms with Gasteiger partial charge in [-0.3, -0.25) is 9.78 Å². The molecule has 3 aromatic rings. The van der Waals surface area contributed by atoms with Gasteiger partial charge in [0.15, 0.2) is 0 Å². The fraction of sp³-hybridized carbons (Fsp3) is 0.158. The maximum Gasteiger partial charge on any atom is 0.254 e. The summed E-state index contributed by atoms with van der Waals surface area (Å²) in [6.07, 6.45) is 1.77. The summed E-state index contributed by atoms with van der Waals surface area (Å²) >= 11 is 0. The van der Waals surface area contributed by atoms with Crippen LogP contribution in [0.1, 0.15) is 27.0 Å². The third-order valence-corrected chi connectivity index (χ3v) is 4.38. The summed E-state index contributed by atoms with van der Waals surface area (Å²) in [4.78, 5) is 19.0. The first-order valence-corrected chi connectivity index (χ1v) is 7.44. The van der Waals surface area contributed by atoms with Crippen molar-refractivity contribution in [2.75, 3.05) is 0 Å². The predicted molar refractivity (Wildman–Crippen MR) is 86.5 cm³/mol. The van der Waals surface area contributed by atoms with Crippen molar-refractivity contribution in [3.05, 3.63) is 77.0 Å². The Kier molecular flexibility index (Phi) is 2.93. The van der Waals surface area contributed by atoms with Crippen LogP contribution in [0.3, 0.4) is 0 Å². The largest absolute Gasteiger partial charge is 0.330 e. The smallest absolute Gasteiger partial charge is 0.254 e. The number of rotatable bonds is 2. The summed E-state index contributed by atoms with van der Waals surface area (Å²) in [6.45, 7) is 3.42. The molecule has 0 aliphatic carbocycles. The van der Waals surface area contributed by atoms with Gasteiger partial charge in [-0.1, -0.05) is 36.4 Å². The van der Waals surface area contributed by atoms with E-state index in [2.05, 4.69) is 30.1 Å². The monoisotopic (exact) mass is 288 g/mol. The predicted octanol–water partition coefficient (Wildman–Crippen LogP) is 3.70. The van der Waals surface area contributed by atoms with Crippen LogP contribution in [0, 0.1) is 6.92 Å². The van der Waals surface area contributed by atoms with E-state index in [-0.39, 0.29) is 5.91 Å². The van der Waals surface area contributed by atoms with Crippen LogP contribution in [0.5, 0.6) is 0 Å². The molecular formula is C19H16N2O. The van der Waals surface area contributed by atoms with Gasteiger partial charge < -0.3 is 4.90 Å². The zero-order chi connectivity index (χ0) is 15.1. The highest BCUT2D eigenvalue weighted by molar-refractivity contribution is 6.03. The molecule has 0 fully saturated rings. The van der Waals surface area contributed by atoms with Crippen molar-refractivity contribution in [1.29, 1.82) is 0 Å². The highest BCUT2D eigenvalue weighted by Crippen LogP contribution is 2.31. The Hall–Kier alpha value is -2.68. The molecule has 3 heteroatoms. The van der Waals surface area contributed by atoms with Crippen LogP contribution in [0.2, 0.25) is 0 Å². The van der Waals surface area contributed by atoms with E-state index < -0.39 is 0 Å². The van der Waals surface area contributed by atoms with E-state index in [9.17, 15) is 4.79 Å². The van der Waals surface area contributed by atoms with E-state index >= 15 is 0 Å². The SMILES string of the molecule is Cc1c2c(cc3ncccc13)C(=O)N(Cc1ccccc1)C2. The molecule has 0 saturated heterocycles. The number of aromatic nitrogens is 1. The third kappa shape index (κ3) is 1.98. The number of nitrogens with zero attached hydrogens (tertiary/aromatic N) is 2. The Balaban J connectivity index is 1.75. The van der Waals surface area contributed by atoms with Crippen molar-refractivity contribution in [2.45, 2.75) is 20.0 Å². The minimum Gasteiger partial charge on any atom is -0.330 e. The van der Waals surface area contributed by atoms with Crippen LogP contribution < -0.4 is 0 Å². The van der Waals surface area contributed by atoms with Gasteiger partial charge in [0, 0.05) is 30.2 Å². The Morgan fingerprint density at radius 1 is 1.14 bits per heavy atom. The van der Waals surface area contributed by atoms with Crippen LogP contribution in [0.4, 0.5) is 0 Å². The molecule has 4 rings (SSSR count). The van der Waals surface area contributed by atoms with Crippen LogP contribution in [-0.4, -0.2) is 15.8 Å². The molecule has 1 amide bonds. The molecule has 1 aliphatic rings. The molecule has 0 spiro atoms. The fourth-order valence-corrected chi connectivity index (χ4v) is 3.20. The van der Waals surface area contributed by atoms with Crippen molar-refractivity contribution in [2.24, 2.45) is 0 Å². The minimum absolute atomic E-state index is 0.106. The van der Waals surface area contributed by atoms with Gasteiger partial charge in [0.2, 0.25) is 0 Å². The first-order valence-electron chi connectivity index (χ1n) is 7.44. The van der Waals surface area contributed by atoms with Crippen molar-refractivity contribution in [3.8, 4) is 0 Å². The number of carbonyl (C=O) groups is 1. The summed E-state index contributed by atoms with van der Waals surface area (Å²) in [5.41, 5.74) is 5.17. The van der Waals surface area contributed by atoms with Gasteiger partial charge in [-0.05, 0) is 35.7 Å². The number of fused-ring (bicyclic) bond motifs is 2. The summed E-state index contributed by atoms with van der Waals surface area (Å²) in [5.74, 6) is 0.106. The van der Waals surface area contributed by atoms with E-state index in [4.69, 9.17) is 0 Å². The topological polar surface area (TPSA) is 33.2 Å². The van der Waals surface area contributed by atoms with E-state index in [0.29, 0.717) is 13.1 Å². The van der Waals surface area contributed by atoms with Gasteiger partial charge in [0.05, 0.1) is 5.52 Å². The second kappa shape index (κ2) is 4.95. The molecule has 0 atom stereocenters. The average Bonchev–Trinajstić information content (AvgIpc) is 2.86. The molecule has 1 aliphatic heterocycles. The molecule has 0 bridgehead atoms. The lowest BCUT2D eigenvalue weighted by Gasteiger charge is -2.15. The molecular weight excluding hydrogens is 272 g/mol. The van der Waals surface area contributed by atoms with Gasteiger partial charge in [-0.25, -0.2) is 0 Å². The Morgan fingerprint density at radius 3 is 2.77 bits per heavy atom. The van der Waals surface area contributed by atoms with Gasteiger partial charge in [0.25, 0.3) is 5.91 Å². The fourth-order valence-electron chi connectivity index (χ4n) is 3.20. The number of carbonyl (C=O) groups excluding carboxylic acids is 1. The lowest BCUT2D eigenvalue weighted by Crippen LogP contribution is -2.23. The molecule has 0 N–H and O–H groups in total. The number of pyridine rings is 1. The van der Waals surface area contributed by atoms with Crippen LogP contribution in [-0.2, 0) is 13.1 Å². The summed E-state index contributed by atoms with van der Waals surface area (Å²) in [7, 11) is 0. The highest BCUT2D eigenvalue weighted by Gasteiger charge is 2.29. The molecule has 22 heavy (non-hydrogen) atoms. The second-order valence-corrected chi connectivity index (χ2v) is 5.74. The van der Waals surface area contributed by atoms with E-state index in [1.165, 1.54) is 5.56 Å². The summed E-state index contributed by atoms with van der Waals surface area (Å²) < 4.78 is 0. The molecule has 108 valence electrons. The average molecular weight is 288 g/mol. The maximum absolute atomic E-state index is 12.7. The second-order valence-electron chi connectivity index (χ2n) is 5.74. The van der Waals surface area contributed by atoms with Gasteiger partial charge >= 0.3 is 0 Å². The number of amides is 1. The molecule has 2 heterocycles. The molecule has 2 aromatic carbocycles.